The molecule has 6 nitrogen and oxygen atoms in total. The van der Waals surface area contributed by atoms with E-state index in [2.05, 4.69) is 12.1 Å². The van der Waals surface area contributed by atoms with Crippen molar-refractivity contribution in [3.8, 4) is 5.75 Å². The number of ether oxygens (including phenoxy) is 4. The summed E-state index contributed by atoms with van der Waals surface area (Å²) in [6.45, 7) is 5.33. The molecule has 30 heavy (non-hydrogen) atoms. The average Bonchev–Trinajstić information content (AvgIpc) is 3.13. The van der Waals surface area contributed by atoms with Gasteiger partial charge < -0.3 is 18.9 Å². The molecule has 0 bridgehead atoms. The number of hydrogen-bond donors (Lipinski definition) is 0. The molecule has 1 fully saturated rings. The molecule has 2 aromatic rings. The van der Waals surface area contributed by atoms with Crippen LogP contribution in [0.3, 0.4) is 0 Å². The fraction of sp³-hybridized carbons (Fsp3) is 0.417. The largest absolute Gasteiger partial charge is 0.499 e. The van der Waals surface area contributed by atoms with Crippen LogP contribution in [0.4, 0.5) is 0 Å². The van der Waals surface area contributed by atoms with E-state index in [0.717, 1.165) is 28.2 Å². The smallest absolute Gasteiger partial charge is 0.163 e. The zero-order chi connectivity index (χ0) is 21.1. The third kappa shape index (κ3) is 4.37. The predicted octanol–water partition coefficient (Wildman–Crippen LogP) is 4.02. The summed E-state index contributed by atoms with van der Waals surface area (Å²) in [4.78, 5) is 6.27. The zero-order valence-corrected chi connectivity index (χ0v) is 18.0. The number of hydrogen-bond acceptors (Lipinski definition) is 6. The molecule has 0 aromatic heterocycles. The number of methoxy groups -OCH3 is 2. The first kappa shape index (κ1) is 20.9. The van der Waals surface area contributed by atoms with E-state index >= 15 is 0 Å². The molecule has 0 spiro atoms. The zero-order valence-electron chi connectivity index (χ0n) is 18.0. The monoisotopic (exact) mass is 411 g/mol. The van der Waals surface area contributed by atoms with E-state index in [1.165, 1.54) is 0 Å². The Hall–Kier alpha value is -2.38. The number of benzene rings is 2. The lowest BCUT2D eigenvalue weighted by Gasteiger charge is -2.39. The van der Waals surface area contributed by atoms with Crippen LogP contribution in [0.5, 0.6) is 5.75 Å². The molecule has 4 rings (SSSR count). The normalized spacial score (nSPS) is 24.1. The van der Waals surface area contributed by atoms with Crippen molar-refractivity contribution in [3.63, 3.8) is 0 Å². The third-order valence-corrected chi connectivity index (χ3v) is 5.45. The van der Waals surface area contributed by atoms with Crippen molar-refractivity contribution < 1.29 is 23.8 Å². The summed E-state index contributed by atoms with van der Waals surface area (Å²) in [6, 6.07) is 17.9. The molecular formula is C24H29NO5. The predicted molar refractivity (Wildman–Crippen MR) is 114 cm³/mol. The summed E-state index contributed by atoms with van der Waals surface area (Å²) in [7, 11) is 3.37. The van der Waals surface area contributed by atoms with Gasteiger partial charge in [-0.15, -0.1) is 0 Å². The fourth-order valence-electron chi connectivity index (χ4n) is 4.02. The van der Waals surface area contributed by atoms with Crippen LogP contribution < -0.4 is 4.74 Å². The highest BCUT2D eigenvalue weighted by Crippen LogP contribution is 2.37. The fourth-order valence-corrected chi connectivity index (χ4v) is 4.02. The van der Waals surface area contributed by atoms with Crippen molar-refractivity contribution in [3.05, 3.63) is 71.5 Å². The van der Waals surface area contributed by atoms with E-state index in [1.807, 2.05) is 61.4 Å². The van der Waals surface area contributed by atoms with Crippen LogP contribution in [-0.2, 0) is 25.6 Å². The molecule has 2 aromatic carbocycles. The van der Waals surface area contributed by atoms with Crippen molar-refractivity contribution in [1.82, 2.24) is 5.06 Å². The van der Waals surface area contributed by atoms with E-state index < -0.39 is 5.79 Å². The topological polar surface area (TPSA) is 49.4 Å². The van der Waals surface area contributed by atoms with Crippen LogP contribution >= 0.6 is 0 Å². The highest BCUT2D eigenvalue weighted by Gasteiger charge is 2.45. The summed E-state index contributed by atoms with van der Waals surface area (Å²) < 4.78 is 23.5. The third-order valence-electron chi connectivity index (χ3n) is 5.45. The van der Waals surface area contributed by atoms with Gasteiger partial charge in [0.1, 0.15) is 23.7 Å². The van der Waals surface area contributed by atoms with Gasteiger partial charge in [-0.3, -0.25) is 4.84 Å². The first-order valence-corrected chi connectivity index (χ1v) is 10.2. The Morgan fingerprint density at radius 2 is 1.83 bits per heavy atom. The maximum Gasteiger partial charge on any atom is 0.163 e. The lowest BCUT2D eigenvalue weighted by molar-refractivity contribution is -0.220. The minimum atomic E-state index is -0.643. The van der Waals surface area contributed by atoms with Crippen molar-refractivity contribution in [2.45, 2.75) is 38.3 Å². The molecule has 0 unspecified atom stereocenters. The van der Waals surface area contributed by atoms with E-state index in [-0.39, 0.29) is 12.1 Å². The maximum absolute atomic E-state index is 6.27. The van der Waals surface area contributed by atoms with Gasteiger partial charge in [-0.05, 0) is 37.1 Å². The first-order chi connectivity index (χ1) is 14.5. The highest BCUT2D eigenvalue weighted by atomic mass is 16.8. The Morgan fingerprint density at radius 3 is 2.50 bits per heavy atom. The standard InChI is InChI=1S/C24H29NO5/c1-24(2)28-16-21(30-24)22-23(27-4)20(18-11-8-12-19(13-18)26-3)15-29-25(22)14-17-9-6-5-7-10-17/h5-13,21-22H,14-16H2,1-4H3/t21-,22+/m1/s1. The Kier molecular flexibility index (Phi) is 6.11. The molecular weight excluding hydrogens is 382 g/mol. The second-order valence-electron chi connectivity index (χ2n) is 7.93. The van der Waals surface area contributed by atoms with Gasteiger partial charge in [-0.1, -0.05) is 42.5 Å². The second kappa shape index (κ2) is 8.78. The van der Waals surface area contributed by atoms with Crippen molar-refractivity contribution in [1.29, 1.82) is 0 Å². The molecule has 0 aliphatic carbocycles. The maximum atomic E-state index is 6.27. The van der Waals surface area contributed by atoms with Gasteiger partial charge >= 0.3 is 0 Å². The number of rotatable bonds is 6. The van der Waals surface area contributed by atoms with Crippen molar-refractivity contribution in [2.24, 2.45) is 0 Å². The quantitative estimate of drug-likeness (QED) is 0.716. The Labute approximate surface area is 177 Å². The van der Waals surface area contributed by atoms with Crippen LogP contribution in [0.2, 0.25) is 0 Å². The number of nitrogens with zero attached hydrogens (tertiary/aromatic N) is 1. The van der Waals surface area contributed by atoms with Gasteiger partial charge in [-0.25, -0.2) is 0 Å². The van der Waals surface area contributed by atoms with Crippen LogP contribution in [0.15, 0.2) is 60.4 Å². The van der Waals surface area contributed by atoms with Gasteiger partial charge in [-0.2, -0.15) is 5.06 Å². The van der Waals surface area contributed by atoms with Gasteiger partial charge in [0.25, 0.3) is 0 Å². The Bertz CT molecular complexity index is 895. The summed E-state index contributed by atoms with van der Waals surface area (Å²) >= 11 is 0. The van der Waals surface area contributed by atoms with Crippen molar-refractivity contribution in [2.75, 3.05) is 27.4 Å². The van der Waals surface area contributed by atoms with Crippen LogP contribution in [0.1, 0.15) is 25.0 Å². The SMILES string of the molecule is COC1=C(c2cccc(OC)c2)CON(Cc2ccccc2)[C@H]1[C@H]1COC(C)(C)O1. The molecule has 6 heteroatoms. The summed E-state index contributed by atoms with van der Waals surface area (Å²) in [5.41, 5.74) is 3.15. The molecule has 0 saturated carbocycles. The highest BCUT2D eigenvalue weighted by molar-refractivity contribution is 5.70. The molecule has 0 N–H and O–H groups in total. The molecule has 0 amide bonds. The second-order valence-corrected chi connectivity index (χ2v) is 7.93. The van der Waals surface area contributed by atoms with Crippen molar-refractivity contribution >= 4 is 5.57 Å². The number of hydroxylamine groups is 2. The molecule has 1 saturated heterocycles. The first-order valence-electron chi connectivity index (χ1n) is 10.2. The van der Waals surface area contributed by atoms with E-state index in [0.29, 0.717) is 19.8 Å². The molecule has 2 heterocycles. The van der Waals surface area contributed by atoms with E-state index in [9.17, 15) is 0 Å². The van der Waals surface area contributed by atoms with Crippen LogP contribution in [0.25, 0.3) is 5.57 Å². The molecule has 2 atom stereocenters. The minimum Gasteiger partial charge on any atom is -0.499 e. The molecule has 160 valence electrons. The lowest BCUT2D eigenvalue weighted by atomic mass is 9.97. The average molecular weight is 411 g/mol. The Morgan fingerprint density at radius 1 is 1.03 bits per heavy atom. The molecule has 2 aliphatic heterocycles. The van der Waals surface area contributed by atoms with Crippen LogP contribution in [-0.4, -0.2) is 50.4 Å². The molecule has 0 radical (unpaired) electrons. The van der Waals surface area contributed by atoms with Crippen LogP contribution in [0, 0.1) is 0 Å². The summed E-state index contributed by atoms with van der Waals surface area (Å²) in [6.07, 6.45) is -0.223. The Balaban J connectivity index is 1.73. The van der Waals surface area contributed by atoms with E-state index in [1.54, 1.807) is 14.2 Å². The van der Waals surface area contributed by atoms with Gasteiger partial charge in [0, 0.05) is 5.57 Å². The lowest BCUT2D eigenvalue weighted by Crippen LogP contribution is -2.49. The minimum absolute atomic E-state index is 0.223. The summed E-state index contributed by atoms with van der Waals surface area (Å²) in [5.74, 6) is 0.979. The van der Waals surface area contributed by atoms with Gasteiger partial charge in [0.15, 0.2) is 5.79 Å². The van der Waals surface area contributed by atoms with Gasteiger partial charge in [0.05, 0.1) is 34.0 Å². The summed E-state index contributed by atoms with van der Waals surface area (Å²) in [5, 5.41) is 1.95. The van der Waals surface area contributed by atoms with E-state index in [4.69, 9.17) is 23.8 Å². The molecule has 2 aliphatic rings. The van der Waals surface area contributed by atoms with Gasteiger partial charge in [0.2, 0.25) is 0 Å².